The number of hydrogen-bond donors (Lipinski definition) is 2. The molecule has 10 saturated heterocycles. The predicted molar refractivity (Wildman–Crippen MR) is 39.9 cm³/mol. The van der Waals surface area contributed by atoms with Crippen LogP contribution in [0.15, 0.2) is 0 Å². The molecule has 0 radical (unpaired) electrons. The van der Waals surface area contributed by atoms with Crippen LogP contribution in [0, 0.1) is 0 Å². The third kappa shape index (κ3) is 0.0262. The van der Waals surface area contributed by atoms with Crippen molar-refractivity contribution in [2.75, 3.05) is 0 Å². The molecule has 0 aromatic rings. The van der Waals surface area contributed by atoms with Crippen molar-refractivity contribution in [1.29, 1.82) is 0 Å². The second-order valence-electron chi connectivity index (χ2n) is 9.67. The van der Waals surface area contributed by atoms with E-state index in [4.69, 9.17) is 0 Å². The van der Waals surface area contributed by atoms with E-state index in [1.165, 1.54) is 0 Å². The molecule has 3 heteroatoms. The molecular formula is C10H10FeO2. The predicted octanol–water partition coefficient (Wildman–Crippen LogP) is 1.18. The molecule has 0 aromatic carbocycles. The first-order valence-corrected chi connectivity index (χ1v) is 11.8. The van der Waals surface area contributed by atoms with Crippen LogP contribution in [0.2, 0.25) is 38.5 Å². The zero-order valence-electron chi connectivity index (χ0n) is 6.87. The Labute approximate surface area is 64.6 Å². The maximum atomic E-state index is 10.9. The summed E-state index contributed by atoms with van der Waals surface area (Å²) in [5, 5.41) is 21.8. The topological polar surface area (TPSA) is 40.5 Å². The van der Waals surface area contributed by atoms with Gasteiger partial charge < -0.3 is 0 Å². The minimum absolute atomic E-state index is 0.313. The van der Waals surface area contributed by atoms with Crippen LogP contribution >= 0.6 is 0 Å². The third-order valence-electron chi connectivity index (χ3n) is 14.7. The molecule has 0 aromatic heterocycles. The summed E-state index contributed by atoms with van der Waals surface area (Å²) in [5.41, 5.74) is 0. The summed E-state index contributed by atoms with van der Waals surface area (Å²) < 4.78 is -0.627. The number of aliphatic hydroxyl groups is 2. The van der Waals surface area contributed by atoms with Gasteiger partial charge >= 0.3 is 64.3 Å². The van der Waals surface area contributed by atoms with E-state index in [1.807, 2.05) is 0 Å². The van der Waals surface area contributed by atoms with Gasteiger partial charge in [-0.25, -0.2) is 0 Å². The Hall–Kier alpha value is 0.439. The summed E-state index contributed by atoms with van der Waals surface area (Å²) in [6.45, 7) is -3.51. The van der Waals surface area contributed by atoms with Crippen LogP contribution in [0.5, 0.6) is 0 Å². The molecule has 0 amide bonds. The number of rotatable bonds is 0. The molecule has 0 bridgehead atoms. The fourth-order valence-corrected chi connectivity index (χ4v) is 87.4. The Kier molecular flexibility index (Phi) is 0.0780. The Morgan fingerprint density at radius 1 is 0.692 bits per heavy atom. The van der Waals surface area contributed by atoms with E-state index in [9.17, 15) is 10.2 Å². The summed E-state index contributed by atoms with van der Waals surface area (Å²) in [7, 11) is 0. The fraction of sp³-hybridized carbons (Fsp3) is 1.00. The molecule has 10 heterocycles. The van der Waals surface area contributed by atoms with Gasteiger partial charge in [0.05, 0.1) is 0 Å². The van der Waals surface area contributed by atoms with Gasteiger partial charge in [0, 0.05) is 0 Å². The van der Waals surface area contributed by atoms with Crippen LogP contribution in [0.25, 0.3) is 0 Å². The Balaban J connectivity index is 2.20. The average molecular weight is 218 g/mol. The van der Waals surface area contributed by atoms with Crippen LogP contribution in [0.4, 0.5) is 0 Å². The van der Waals surface area contributed by atoms with E-state index in [-0.39, 0.29) is 9.00 Å². The molecule has 10 aliphatic heterocycles. The number of fused-ring (bicyclic) bond motifs is 10. The van der Waals surface area contributed by atoms with Gasteiger partial charge in [-0.2, -0.15) is 0 Å². The quantitative estimate of drug-likeness (QED) is 0.599. The van der Waals surface area contributed by atoms with Gasteiger partial charge in [0.25, 0.3) is 0 Å². The van der Waals surface area contributed by atoms with Crippen molar-refractivity contribution in [3.8, 4) is 0 Å². The Morgan fingerprint density at radius 3 is 1.08 bits per heavy atom. The molecule has 13 heavy (non-hydrogen) atoms. The maximum absolute atomic E-state index is 10.9. The molecule has 10 rings (SSSR count). The van der Waals surface area contributed by atoms with Crippen molar-refractivity contribution in [3.63, 3.8) is 0 Å². The summed E-state index contributed by atoms with van der Waals surface area (Å²) in [5.74, 6) is 0. The van der Waals surface area contributed by atoms with Gasteiger partial charge in [0.2, 0.25) is 0 Å². The van der Waals surface area contributed by atoms with Crippen molar-refractivity contribution >= 4 is 0 Å². The molecule has 70 valence electrons. The van der Waals surface area contributed by atoms with Crippen LogP contribution < -0.4 is 0 Å². The van der Waals surface area contributed by atoms with Crippen molar-refractivity contribution in [2.24, 2.45) is 0 Å². The SMILES string of the molecule is O[C]12[CH]3[CH]4[CH]5[C]1(O)[Fe]43521678[CH]2[CH]1[CH]6[CH]7[CH]28. The monoisotopic (exact) mass is 218 g/mol. The van der Waals surface area contributed by atoms with Crippen molar-refractivity contribution in [1.82, 2.24) is 0 Å². The summed E-state index contributed by atoms with van der Waals surface area (Å²) in [6.07, 6.45) is 0. The molecule has 0 saturated carbocycles. The first-order chi connectivity index (χ1) is 5.94. The number of hydrogen-bond acceptors (Lipinski definition) is 2. The van der Waals surface area contributed by atoms with Gasteiger partial charge in [-0.3, -0.25) is 0 Å². The van der Waals surface area contributed by atoms with Gasteiger partial charge in [0.1, 0.15) is 0 Å². The van der Waals surface area contributed by atoms with Crippen LogP contribution in [0.1, 0.15) is 0 Å². The Morgan fingerprint density at radius 2 is 1.08 bits per heavy atom. The minimum atomic E-state index is -3.51. The molecule has 4 atom stereocenters. The summed E-state index contributed by atoms with van der Waals surface area (Å²) >= 11 is 0. The van der Waals surface area contributed by atoms with Crippen molar-refractivity contribution < 1.29 is 16.7 Å². The first kappa shape index (κ1) is 4.13. The Bertz CT molecular complexity index is 822. The second kappa shape index (κ2) is 0.245. The zero-order valence-corrected chi connectivity index (χ0v) is 7.97. The van der Waals surface area contributed by atoms with E-state index < -0.39 is 6.51 Å². The van der Waals surface area contributed by atoms with Gasteiger partial charge in [-0.15, -0.1) is 0 Å². The van der Waals surface area contributed by atoms with E-state index in [2.05, 4.69) is 0 Å². The fourth-order valence-electron chi connectivity index (χ4n) is 16.2. The summed E-state index contributed by atoms with van der Waals surface area (Å²) in [6, 6.07) is 0. The summed E-state index contributed by atoms with van der Waals surface area (Å²) in [4.78, 5) is 7.78. The van der Waals surface area contributed by atoms with E-state index in [0.29, 0.717) is 0 Å². The van der Waals surface area contributed by atoms with E-state index in [1.54, 1.807) is 0 Å². The van der Waals surface area contributed by atoms with Gasteiger partial charge in [-0.05, 0) is 0 Å². The molecule has 0 aliphatic carbocycles. The van der Waals surface area contributed by atoms with E-state index >= 15 is 0 Å². The average Bonchev–Trinajstić information content (AvgIpc) is 3.02. The molecule has 1 spiro atoms. The van der Waals surface area contributed by atoms with Crippen molar-refractivity contribution in [3.05, 3.63) is 0 Å². The standard InChI is InChI=1S/C5H5O2.C5H5.Fe/c6-4-2-1-3-5(4)7;1-2-4-5-3-1;/h1-3,6-7H;1-5H;. The van der Waals surface area contributed by atoms with Gasteiger partial charge in [-0.1, -0.05) is 0 Å². The third-order valence-corrected chi connectivity index (χ3v) is 56.5. The molecule has 2 N–H and O–H groups in total. The van der Waals surface area contributed by atoms with Crippen molar-refractivity contribution in [2.45, 2.75) is 47.5 Å². The zero-order chi connectivity index (χ0) is 7.94. The van der Waals surface area contributed by atoms with Crippen LogP contribution in [-0.2, 0) is 6.51 Å². The normalized spacial score (nSPS) is 158. The van der Waals surface area contributed by atoms with Gasteiger partial charge in [0.15, 0.2) is 0 Å². The second-order valence-corrected chi connectivity index (χ2v) is 32.8. The molecule has 4 unspecified atom stereocenters. The van der Waals surface area contributed by atoms with E-state index in [0.717, 1.165) is 38.5 Å². The molecule has 10 fully saturated rings. The van der Waals surface area contributed by atoms with Crippen LogP contribution in [-0.4, -0.2) is 19.2 Å². The first-order valence-electron chi connectivity index (χ1n) is 5.59. The molecule has 2 nitrogen and oxygen atoms in total. The molecule has 10 aliphatic rings. The molecular weight excluding hydrogens is 208 g/mol. The van der Waals surface area contributed by atoms with Crippen LogP contribution in [0.3, 0.4) is 0 Å².